The predicted octanol–water partition coefficient (Wildman–Crippen LogP) is 3.31. The molecule has 1 fully saturated rings. The van der Waals surface area contributed by atoms with Crippen LogP contribution in [-0.2, 0) is 4.79 Å². The van der Waals surface area contributed by atoms with Crippen molar-refractivity contribution in [3.05, 3.63) is 29.8 Å². The van der Waals surface area contributed by atoms with Gasteiger partial charge >= 0.3 is 0 Å². The van der Waals surface area contributed by atoms with Crippen LogP contribution in [0.15, 0.2) is 24.3 Å². The maximum Gasteiger partial charge on any atom is 0.241 e. The number of rotatable bonds is 3. The minimum Gasteiger partial charge on any atom is -0.325 e. The molecule has 19 heavy (non-hydrogen) atoms. The van der Waals surface area contributed by atoms with Crippen molar-refractivity contribution < 1.29 is 4.79 Å². The molecule has 2 N–H and O–H groups in total. The summed E-state index contributed by atoms with van der Waals surface area (Å²) in [6.45, 7) is 5.26. The second kappa shape index (κ2) is 7.51. The van der Waals surface area contributed by atoms with Crippen LogP contribution in [0.1, 0.15) is 44.6 Å². The Labute approximate surface area is 121 Å². The first-order chi connectivity index (χ1) is 8.66. The lowest BCUT2D eigenvalue weighted by atomic mass is 10.0. The van der Waals surface area contributed by atoms with Gasteiger partial charge in [-0.2, -0.15) is 0 Å². The summed E-state index contributed by atoms with van der Waals surface area (Å²) in [7, 11) is 0. The maximum atomic E-state index is 12.1. The highest BCUT2D eigenvalue weighted by molar-refractivity contribution is 5.94. The van der Waals surface area contributed by atoms with Gasteiger partial charge in [0.1, 0.15) is 0 Å². The molecule has 1 aromatic carbocycles. The lowest BCUT2D eigenvalue weighted by molar-refractivity contribution is -0.118. The molecule has 1 amide bonds. The Balaban J connectivity index is 0.00000180. The van der Waals surface area contributed by atoms with Gasteiger partial charge in [0, 0.05) is 5.69 Å². The molecule has 3 nitrogen and oxygen atoms in total. The fourth-order valence-corrected chi connectivity index (χ4v) is 2.28. The minimum absolute atomic E-state index is 0. The largest absolute Gasteiger partial charge is 0.325 e. The fraction of sp³-hybridized carbons (Fsp3) is 0.533. The summed E-state index contributed by atoms with van der Waals surface area (Å²) in [5, 5.41) is 6.27. The van der Waals surface area contributed by atoms with Crippen LogP contribution in [0, 0.1) is 0 Å². The molecular weight excluding hydrogens is 260 g/mol. The number of piperidine rings is 1. The second-order valence-electron chi connectivity index (χ2n) is 5.27. The van der Waals surface area contributed by atoms with E-state index in [1.807, 2.05) is 12.1 Å². The first-order valence-electron chi connectivity index (χ1n) is 6.81. The first kappa shape index (κ1) is 16.0. The van der Waals surface area contributed by atoms with Gasteiger partial charge < -0.3 is 10.6 Å². The summed E-state index contributed by atoms with van der Waals surface area (Å²) < 4.78 is 0. The fourth-order valence-electron chi connectivity index (χ4n) is 2.28. The van der Waals surface area contributed by atoms with Crippen molar-refractivity contribution in [3.8, 4) is 0 Å². The molecule has 0 saturated carbocycles. The van der Waals surface area contributed by atoms with Crippen LogP contribution in [0.3, 0.4) is 0 Å². The van der Waals surface area contributed by atoms with E-state index in [1.54, 1.807) is 0 Å². The number of anilines is 1. The van der Waals surface area contributed by atoms with Crippen molar-refractivity contribution in [1.82, 2.24) is 5.32 Å². The summed E-state index contributed by atoms with van der Waals surface area (Å²) in [6.07, 6.45) is 3.25. The third-order valence-electron chi connectivity index (χ3n) is 3.45. The molecule has 1 aliphatic heterocycles. The van der Waals surface area contributed by atoms with E-state index in [2.05, 4.69) is 36.6 Å². The number of amides is 1. The summed E-state index contributed by atoms with van der Waals surface area (Å²) >= 11 is 0. The molecule has 106 valence electrons. The van der Waals surface area contributed by atoms with E-state index in [9.17, 15) is 4.79 Å². The monoisotopic (exact) mass is 282 g/mol. The molecule has 1 atom stereocenters. The Morgan fingerprint density at radius 2 is 2.16 bits per heavy atom. The van der Waals surface area contributed by atoms with E-state index in [0.717, 1.165) is 25.1 Å². The third-order valence-corrected chi connectivity index (χ3v) is 3.45. The molecule has 2 rings (SSSR count). The van der Waals surface area contributed by atoms with Gasteiger partial charge in [-0.15, -0.1) is 12.4 Å². The SMILES string of the molecule is CC(C)c1cccc(NC(=O)C2CCCCN2)c1.Cl. The standard InChI is InChI=1S/C15H22N2O.ClH/c1-11(2)12-6-5-7-13(10-12)17-15(18)14-8-3-4-9-16-14;/h5-7,10-11,14,16H,3-4,8-9H2,1-2H3,(H,17,18);1H. The van der Waals surface area contributed by atoms with E-state index in [-0.39, 0.29) is 24.4 Å². The highest BCUT2D eigenvalue weighted by Gasteiger charge is 2.20. The number of halogens is 1. The quantitative estimate of drug-likeness (QED) is 0.893. The lowest BCUT2D eigenvalue weighted by Crippen LogP contribution is -2.43. The average molecular weight is 283 g/mol. The summed E-state index contributed by atoms with van der Waals surface area (Å²) in [5.41, 5.74) is 2.16. The average Bonchev–Trinajstić information content (AvgIpc) is 2.40. The van der Waals surface area contributed by atoms with E-state index in [4.69, 9.17) is 0 Å². The van der Waals surface area contributed by atoms with Crippen LogP contribution in [-0.4, -0.2) is 18.5 Å². The van der Waals surface area contributed by atoms with Crippen LogP contribution in [0.25, 0.3) is 0 Å². The van der Waals surface area contributed by atoms with Crippen LogP contribution >= 0.6 is 12.4 Å². The molecule has 1 aromatic rings. The van der Waals surface area contributed by atoms with Crippen molar-refractivity contribution in [2.75, 3.05) is 11.9 Å². The van der Waals surface area contributed by atoms with E-state index in [0.29, 0.717) is 5.92 Å². The molecule has 0 bridgehead atoms. The zero-order valence-corrected chi connectivity index (χ0v) is 12.4. The summed E-state index contributed by atoms with van der Waals surface area (Å²) in [6, 6.07) is 8.08. The Morgan fingerprint density at radius 3 is 2.79 bits per heavy atom. The van der Waals surface area contributed by atoms with Gasteiger partial charge in [0.05, 0.1) is 6.04 Å². The van der Waals surface area contributed by atoms with Crippen molar-refractivity contribution in [3.63, 3.8) is 0 Å². The first-order valence-corrected chi connectivity index (χ1v) is 6.81. The smallest absolute Gasteiger partial charge is 0.241 e. The van der Waals surface area contributed by atoms with Gasteiger partial charge in [-0.25, -0.2) is 0 Å². The molecular formula is C15H23ClN2O. The van der Waals surface area contributed by atoms with Crippen LogP contribution in [0.5, 0.6) is 0 Å². The number of benzene rings is 1. The normalized spacial score (nSPS) is 18.8. The highest BCUT2D eigenvalue weighted by Crippen LogP contribution is 2.19. The van der Waals surface area contributed by atoms with Crippen LogP contribution in [0.4, 0.5) is 5.69 Å². The van der Waals surface area contributed by atoms with Gasteiger partial charge in [-0.3, -0.25) is 4.79 Å². The molecule has 1 unspecified atom stereocenters. The summed E-state index contributed by atoms with van der Waals surface area (Å²) in [5.74, 6) is 0.574. The Morgan fingerprint density at radius 1 is 1.37 bits per heavy atom. The number of carbonyl (C=O) groups is 1. The Hall–Kier alpha value is -1.06. The van der Waals surface area contributed by atoms with E-state index in [1.165, 1.54) is 12.0 Å². The van der Waals surface area contributed by atoms with Gasteiger partial charge in [0.15, 0.2) is 0 Å². The van der Waals surface area contributed by atoms with Gasteiger partial charge in [-0.05, 0) is 43.0 Å². The van der Waals surface area contributed by atoms with E-state index < -0.39 is 0 Å². The van der Waals surface area contributed by atoms with Crippen LogP contribution in [0.2, 0.25) is 0 Å². The van der Waals surface area contributed by atoms with Crippen molar-refractivity contribution in [2.24, 2.45) is 0 Å². The molecule has 0 radical (unpaired) electrons. The number of nitrogens with one attached hydrogen (secondary N) is 2. The minimum atomic E-state index is -0.0264. The molecule has 0 aliphatic carbocycles. The van der Waals surface area contributed by atoms with Gasteiger partial charge in [0.2, 0.25) is 5.91 Å². The molecule has 1 aliphatic rings. The van der Waals surface area contributed by atoms with Crippen molar-refractivity contribution in [2.45, 2.75) is 45.1 Å². The van der Waals surface area contributed by atoms with Gasteiger partial charge in [0.25, 0.3) is 0 Å². The van der Waals surface area contributed by atoms with Crippen molar-refractivity contribution >= 4 is 24.0 Å². The Bertz CT molecular complexity index is 414. The van der Waals surface area contributed by atoms with Crippen LogP contribution < -0.4 is 10.6 Å². The zero-order valence-electron chi connectivity index (χ0n) is 11.6. The lowest BCUT2D eigenvalue weighted by Gasteiger charge is -2.22. The molecule has 1 saturated heterocycles. The molecule has 0 aromatic heterocycles. The predicted molar refractivity (Wildman–Crippen MR) is 82.1 cm³/mol. The number of carbonyl (C=O) groups excluding carboxylic acids is 1. The van der Waals surface area contributed by atoms with E-state index >= 15 is 0 Å². The van der Waals surface area contributed by atoms with Gasteiger partial charge in [-0.1, -0.05) is 32.4 Å². The summed E-state index contributed by atoms with van der Waals surface area (Å²) in [4.78, 5) is 12.1. The Kier molecular flexibility index (Phi) is 6.32. The second-order valence-corrected chi connectivity index (χ2v) is 5.27. The maximum absolute atomic E-state index is 12.1. The molecule has 4 heteroatoms. The van der Waals surface area contributed by atoms with Crippen molar-refractivity contribution in [1.29, 1.82) is 0 Å². The zero-order chi connectivity index (χ0) is 13.0. The number of hydrogen-bond acceptors (Lipinski definition) is 2. The highest BCUT2D eigenvalue weighted by atomic mass is 35.5. The third kappa shape index (κ3) is 4.51. The topological polar surface area (TPSA) is 41.1 Å². The molecule has 1 heterocycles. The number of hydrogen-bond donors (Lipinski definition) is 2. The molecule has 0 spiro atoms.